The van der Waals surface area contributed by atoms with E-state index in [9.17, 15) is 0 Å². The Morgan fingerprint density at radius 1 is 0.875 bits per heavy atom. The second-order valence-corrected chi connectivity index (χ2v) is 7.65. The highest BCUT2D eigenvalue weighted by atomic mass is 15.2. The first-order valence-corrected chi connectivity index (χ1v) is 9.31. The van der Waals surface area contributed by atoms with Crippen molar-refractivity contribution < 1.29 is 0 Å². The minimum absolute atomic E-state index is 0.633. The van der Waals surface area contributed by atoms with Crippen LogP contribution in [0.1, 0.15) is 61.9 Å². The summed E-state index contributed by atoms with van der Waals surface area (Å²) in [7, 11) is 0. The minimum atomic E-state index is 0.633. The molecule has 3 fully saturated rings. The van der Waals surface area contributed by atoms with Crippen molar-refractivity contribution in [2.24, 2.45) is 5.92 Å². The third-order valence-electron chi connectivity index (χ3n) is 5.56. The zero-order chi connectivity index (χ0) is 15.9. The van der Waals surface area contributed by atoms with E-state index in [2.05, 4.69) is 25.7 Å². The molecule has 6 nitrogen and oxygen atoms in total. The van der Waals surface area contributed by atoms with Gasteiger partial charge < -0.3 is 9.47 Å². The molecule has 0 unspecified atom stereocenters. The van der Waals surface area contributed by atoms with Gasteiger partial charge in [0.2, 0.25) is 0 Å². The molecular formula is C18H24N6. The molecule has 2 aromatic rings. The highest BCUT2D eigenvalue weighted by Crippen LogP contribution is 2.43. The van der Waals surface area contributed by atoms with Crippen LogP contribution in [-0.4, -0.2) is 37.8 Å². The Hall–Kier alpha value is -1.98. The molecule has 1 aliphatic heterocycles. The summed E-state index contributed by atoms with van der Waals surface area (Å²) in [4.78, 5) is 12.3. The molecule has 0 spiro atoms. The molecule has 2 aromatic heterocycles. The lowest BCUT2D eigenvalue weighted by Crippen LogP contribution is -2.35. The maximum absolute atomic E-state index is 4.92. The Bertz CT molecular complexity index is 666. The number of aromatic nitrogens is 5. The predicted octanol–water partition coefficient (Wildman–Crippen LogP) is 2.74. The fraction of sp³-hybridized carbons (Fsp3) is 0.667. The molecule has 0 aromatic carbocycles. The zero-order valence-corrected chi connectivity index (χ0v) is 14.0. The number of rotatable bonds is 5. The lowest BCUT2D eigenvalue weighted by atomic mass is 9.96. The minimum Gasteiger partial charge on any atom is -0.356 e. The Balaban J connectivity index is 1.28. The second-order valence-electron chi connectivity index (χ2n) is 7.65. The average molecular weight is 324 g/mol. The van der Waals surface area contributed by atoms with Gasteiger partial charge in [-0.2, -0.15) is 0 Å². The van der Waals surface area contributed by atoms with Gasteiger partial charge in [0, 0.05) is 43.2 Å². The third kappa shape index (κ3) is 3.01. The van der Waals surface area contributed by atoms with E-state index in [-0.39, 0.29) is 0 Å². The summed E-state index contributed by atoms with van der Waals surface area (Å²) in [6, 6.07) is 2.27. The van der Waals surface area contributed by atoms with Gasteiger partial charge in [0.15, 0.2) is 0 Å². The van der Waals surface area contributed by atoms with E-state index in [0.717, 1.165) is 25.5 Å². The van der Waals surface area contributed by atoms with Gasteiger partial charge in [-0.1, -0.05) is 0 Å². The van der Waals surface area contributed by atoms with Crippen LogP contribution in [-0.2, 0) is 6.54 Å². The Morgan fingerprint density at radius 2 is 1.58 bits per heavy atom. The highest BCUT2D eigenvalue weighted by Gasteiger charge is 2.32. The fourth-order valence-corrected chi connectivity index (χ4v) is 3.70. The first-order chi connectivity index (χ1) is 11.8. The van der Waals surface area contributed by atoms with Gasteiger partial charge >= 0.3 is 0 Å². The van der Waals surface area contributed by atoms with E-state index < -0.39 is 0 Å². The molecule has 126 valence electrons. The largest absolute Gasteiger partial charge is 0.356 e. The van der Waals surface area contributed by atoms with Gasteiger partial charge in [0.05, 0.1) is 0 Å². The molecule has 24 heavy (non-hydrogen) atoms. The van der Waals surface area contributed by atoms with Crippen LogP contribution >= 0.6 is 0 Å². The maximum Gasteiger partial charge on any atom is 0.134 e. The number of hydrogen-bond donors (Lipinski definition) is 0. The Morgan fingerprint density at radius 3 is 2.25 bits per heavy atom. The van der Waals surface area contributed by atoms with Crippen molar-refractivity contribution in [1.29, 1.82) is 0 Å². The van der Waals surface area contributed by atoms with Crippen LogP contribution in [0.5, 0.6) is 0 Å². The van der Waals surface area contributed by atoms with Gasteiger partial charge in [-0.15, -0.1) is 10.2 Å². The molecule has 3 aliphatic rings. The van der Waals surface area contributed by atoms with Crippen LogP contribution in [0.3, 0.4) is 0 Å². The van der Waals surface area contributed by atoms with Gasteiger partial charge in [0.25, 0.3) is 0 Å². The van der Waals surface area contributed by atoms with Crippen molar-refractivity contribution in [3.05, 3.63) is 30.2 Å². The van der Waals surface area contributed by atoms with Crippen LogP contribution in [0.25, 0.3) is 0 Å². The lowest BCUT2D eigenvalue weighted by Gasteiger charge is -2.33. The first kappa shape index (κ1) is 14.4. The van der Waals surface area contributed by atoms with E-state index in [1.807, 2.05) is 12.7 Å². The third-order valence-corrected chi connectivity index (χ3v) is 5.56. The number of piperidine rings is 1. The first-order valence-electron chi connectivity index (χ1n) is 9.31. The van der Waals surface area contributed by atoms with Gasteiger partial charge in [0.1, 0.15) is 24.3 Å². The number of nitrogens with zero attached hydrogens (tertiary/aromatic N) is 6. The fourth-order valence-electron chi connectivity index (χ4n) is 3.70. The predicted molar refractivity (Wildman–Crippen MR) is 90.9 cm³/mol. The molecular weight excluding hydrogens is 300 g/mol. The molecule has 0 bridgehead atoms. The van der Waals surface area contributed by atoms with E-state index in [1.165, 1.54) is 50.0 Å². The maximum atomic E-state index is 4.92. The summed E-state index contributed by atoms with van der Waals surface area (Å²) in [6.07, 6.45) is 11.2. The summed E-state index contributed by atoms with van der Waals surface area (Å²) in [5.74, 6) is 4.34. The topological polar surface area (TPSA) is 59.7 Å². The molecule has 0 radical (unpaired) electrons. The standard InChI is InChI=1S/C18H24N6/c1-2-14(1)16-9-17(22-18(21-16)15-3-4-15)24-7-5-13(6-8-24)10-23-11-19-20-12-23/h9,11-15H,1-8,10H2. The van der Waals surface area contributed by atoms with Crippen molar-refractivity contribution in [2.75, 3.05) is 18.0 Å². The van der Waals surface area contributed by atoms with Crippen LogP contribution in [0, 0.1) is 5.92 Å². The monoisotopic (exact) mass is 324 g/mol. The Labute approximate surface area is 142 Å². The number of hydrogen-bond acceptors (Lipinski definition) is 5. The molecule has 3 heterocycles. The SMILES string of the molecule is c1c(C2CC2)nc(C2CC2)nc1N1CCC(Cn2cnnc2)CC1. The highest BCUT2D eigenvalue weighted by molar-refractivity contribution is 5.42. The second kappa shape index (κ2) is 5.83. The van der Waals surface area contributed by atoms with E-state index in [0.29, 0.717) is 17.8 Å². The molecule has 2 saturated carbocycles. The van der Waals surface area contributed by atoms with Crippen LogP contribution in [0.2, 0.25) is 0 Å². The van der Waals surface area contributed by atoms with Crippen LogP contribution in [0.4, 0.5) is 5.82 Å². The summed E-state index contributed by atoms with van der Waals surface area (Å²) in [6.45, 7) is 3.22. The summed E-state index contributed by atoms with van der Waals surface area (Å²) in [5.41, 5.74) is 1.30. The molecule has 0 amide bonds. The average Bonchev–Trinajstić information content (AvgIpc) is 3.54. The van der Waals surface area contributed by atoms with E-state index >= 15 is 0 Å². The molecule has 2 aliphatic carbocycles. The van der Waals surface area contributed by atoms with Crippen molar-refractivity contribution in [1.82, 2.24) is 24.7 Å². The number of anilines is 1. The van der Waals surface area contributed by atoms with Crippen molar-refractivity contribution in [3.63, 3.8) is 0 Å². The molecule has 0 N–H and O–H groups in total. The molecule has 1 saturated heterocycles. The Kier molecular flexibility index (Phi) is 3.49. The zero-order valence-electron chi connectivity index (χ0n) is 14.0. The van der Waals surface area contributed by atoms with E-state index in [1.54, 1.807) is 0 Å². The normalized spacial score (nSPS) is 22.1. The molecule has 6 heteroatoms. The quantitative estimate of drug-likeness (QED) is 0.846. The summed E-state index contributed by atoms with van der Waals surface area (Å²) < 4.78 is 2.10. The van der Waals surface area contributed by atoms with E-state index in [4.69, 9.17) is 9.97 Å². The van der Waals surface area contributed by atoms with Crippen molar-refractivity contribution in [3.8, 4) is 0 Å². The molecule has 5 rings (SSSR count). The molecule has 0 atom stereocenters. The van der Waals surface area contributed by atoms with Crippen molar-refractivity contribution >= 4 is 5.82 Å². The smallest absolute Gasteiger partial charge is 0.134 e. The van der Waals surface area contributed by atoms with Crippen molar-refractivity contribution in [2.45, 2.75) is 56.9 Å². The van der Waals surface area contributed by atoms with Crippen LogP contribution < -0.4 is 4.90 Å². The summed E-state index contributed by atoms with van der Waals surface area (Å²) >= 11 is 0. The van der Waals surface area contributed by atoms with Gasteiger partial charge in [-0.25, -0.2) is 9.97 Å². The lowest BCUT2D eigenvalue weighted by molar-refractivity contribution is 0.355. The van der Waals surface area contributed by atoms with Gasteiger partial charge in [-0.05, 0) is 44.4 Å². The van der Waals surface area contributed by atoms with Gasteiger partial charge in [-0.3, -0.25) is 0 Å². The summed E-state index contributed by atoms with van der Waals surface area (Å²) in [5, 5.41) is 7.80. The van der Waals surface area contributed by atoms with Crippen LogP contribution in [0.15, 0.2) is 18.7 Å².